The van der Waals surface area contributed by atoms with Crippen LogP contribution in [0.4, 0.5) is 36.4 Å². The third-order valence-corrected chi connectivity index (χ3v) is 6.71. The van der Waals surface area contributed by atoms with Crippen LogP contribution in [0.1, 0.15) is 43.0 Å². The summed E-state index contributed by atoms with van der Waals surface area (Å²) in [6.45, 7) is 1.83. The molecule has 0 fully saturated rings. The van der Waals surface area contributed by atoms with Crippen LogP contribution in [0.3, 0.4) is 0 Å². The zero-order valence-corrected chi connectivity index (χ0v) is 23.1. The van der Waals surface area contributed by atoms with E-state index in [9.17, 15) is 45.4 Å². The van der Waals surface area contributed by atoms with Crippen LogP contribution < -0.4 is 5.32 Å². The number of nitrogens with zero attached hydrogens (tertiary/aromatic N) is 4. The molecule has 2 N–H and O–H groups in total. The second kappa shape index (κ2) is 13.0. The van der Waals surface area contributed by atoms with E-state index >= 15 is 0 Å². The summed E-state index contributed by atoms with van der Waals surface area (Å²) in [5.74, 6) is -3.39. The predicted octanol–water partition coefficient (Wildman–Crippen LogP) is 6.52. The average Bonchev–Trinajstić information content (AvgIpc) is 2.94. The summed E-state index contributed by atoms with van der Waals surface area (Å²) in [5.41, 5.74) is -4.57. The molecule has 0 spiro atoms. The number of carbonyl (C=O) groups is 2. The first kappa shape index (κ1) is 32.4. The quantitative estimate of drug-likeness (QED) is 0.160. The Kier molecular flexibility index (Phi) is 9.56. The number of halogens is 7. The normalized spacial score (nSPS) is 14.7. The summed E-state index contributed by atoms with van der Waals surface area (Å²) in [5, 5.41) is 15.7. The fourth-order valence-electron chi connectivity index (χ4n) is 4.56. The highest BCUT2D eigenvalue weighted by Gasteiger charge is 2.38. The fraction of sp³-hybridized carbons (Fsp3) is 0.310. The lowest BCUT2D eigenvalue weighted by Crippen LogP contribution is -2.53. The summed E-state index contributed by atoms with van der Waals surface area (Å²) in [4.78, 5) is 33.8. The van der Waals surface area contributed by atoms with Gasteiger partial charge in [-0.05, 0) is 48.4 Å². The minimum Gasteiger partial charge on any atom is -0.510 e. The number of hydrazine groups is 1. The molecular weight excluding hydrogens is 599 g/mol. The van der Waals surface area contributed by atoms with Crippen molar-refractivity contribution in [2.24, 2.45) is 0 Å². The minimum atomic E-state index is -4.94. The first-order valence-corrected chi connectivity index (χ1v) is 13.3. The van der Waals surface area contributed by atoms with Gasteiger partial charge in [-0.3, -0.25) is 14.6 Å². The van der Waals surface area contributed by atoms with Gasteiger partial charge in [0.15, 0.2) is 0 Å². The molecule has 2 amide bonds. The molecule has 0 radical (unpaired) electrons. The molecule has 2 heterocycles. The van der Waals surface area contributed by atoms with E-state index in [0.29, 0.717) is 43.1 Å². The number of amides is 2. The molecule has 0 bridgehead atoms. The van der Waals surface area contributed by atoms with Gasteiger partial charge < -0.3 is 10.4 Å². The van der Waals surface area contributed by atoms with Crippen LogP contribution in [-0.2, 0) is 28.5 Å². The monoisotopic (exact) mass is 625 g/mol. The molecule has 1 aromatic heterocycles. The summed E-state index contributed by atoms with van der Waals surface area (Å²) in [6, 6.07) is 7.71. The number of aliphatic hydroxyl groups is 1. The SMILES string of the molecule is CCCCCN1CC(O)=C(C(=O)Nc2ccc(C(F)(F)F)cc2-c2cc(C(F)(F)F)ncn2)C(=O)N1Cc1cccc(F)c1. The number of benzene rings is 2. The van der Waals surface area contributed by atoms with Gasteiger partial charge in [0.1, 0.15) is 29.2 Å². The topological polar surface area (TPSA) is 98.7 Å². The maximum absolute atomic E-state index is 13.9. The molecule has 0 unspecified atom stereocenters. The second-order valence-electron chi connectivity index (χ2n) is 9.91. The van der Waals surface area contributed by atoms with Crippen LogP contribution in [-0.4, -0.2) is 50.0 Å². The van der Waals surface area contributed by atoms with Crippen LogP contribution in [0.2, 0.25) is 0 Å². The Balaban J connectivity index is 1.71. The Morgan fingerprint density at radius 2 is 1.75 bits per heavy atom. The molecular formula is C29H26F7N5O3. The lowest BCUT2D eigenvalue weighted by Gasteiger charge is -2.38. The molecule has 0 atom stereocenters. The third-order valence-electron chi connectivity index (χ3n) is 6.71. The zero-order valence-electron chi connectivity index (χ0n) is 23.1. The molecule has 0 aliphatic carbocycles. The number of aromatic nitrogens is 2. The van der Waals surface area contributed by atoms with E-state index in [1.165, 1.54) is 23.2 Å². The van der Waals surface area contributed by atoms with Gasteiger partial charge in [-0.1, -0.05) is 31.9 Å². The smallest absolute Gasteiger partial charge is 0.433 e. The number of rotatable bonds is 9. The van der Waals surface area contributed by atoms with E-state index in [4.69, 9.17) is 0 Å². The van der Waals surface area contributed by atoms with E-state index in [1.807, 2.05) is 6.92 Å². The van der Waals surface area contributed by atoms with Gasteiger partial charge in [-0.2, -0.15) is 26.3 Å². The number of carbonyl (C=O) groups excluding carboxylic acids is 2. The van der Waals surface area contributed by atoms with Crippen LogP contribution in [0.5, 0.6) is 0 Å². The fourth-order valence-corrected chi connectivity index (χ4v) is 4.56. The Labute approximate surface area is 246 Å². The molecule has 4 rings (SSSR count). The minimum absolute atomic E-state index is 0.167. The van der Waals surface area contributed by atoms with Crippen LogP contribution in [0.15, 0.2) is 66.2 Å². The van der Waals surface area contributed by atoms with E-state index in [2.05, 4.69) is 15.3 Å². The Morgan fingerprint density at radius 1 is 1.00 bits per heavy atom. The van der Waals surface area contributed by atoms with Gasteiger partial charge in [0, 0.05) is 12.1 Å². The lowest BCUT2D eigenvalue weighted by atomic mass is 10.0. The van der Waals surface area contributed by atoms with Crippen LogP contribution >= 0.6 is 0 Å². The molecule has 2 aromatic carbocycles. The molecule has 0 saturated heterocycles. The van der Waals surface area contributed by atoms with Crippen molar-refractivity contribution < 1.29 is 45.4 Å². The highest BCUT2D eigenvalue weighted by molar-refractivity contribution is 6.23. The van der Waals surface area contributed by atoms with Gasteiger partial charge >= 0.3 is 12.4 Å². The molecule has 15 heteroatoms. The largest absolute Gasteiger partial charge is 0.510 e. The van der Waals surface area contributed by atoms with Crippen molar-refractivity contribution in [2.75, 3.05) is 18.4 Å². The molecule has 44 heavy (non-hydrogen) atoms. The van der Waals surface area contributed by atoms with Crippen molar-refractivity contribution in [3.63, 3.8) is 0 Å². The first-order valence-electron chi connectivity index (χ1n) is 13.3. The molecule has 8 nitrogen and oxygen atoms in total. The number of hydrogen-bond acceptors (Lipinski definition) is 6. The summed E-state index contributed by atoms with van der Waals surface area (Å²) in [7, 11) is 0. The van der Waals surface area contributed by atoms with E-state index < -0.39 is 69.5 Å². The van der Waals surface area contributed by atoms with E-state index in [-0.39, 0.29) is 13.1 Å². The Morgan fingerprint density at radius 3 is 2.41 bits per heavy atom. The van der Waals surface area contributed by atoms with Gasteiger partial charge in [0.25, 0.3) is 11.8 Å². The van der Waals surface area contributed by atoms with Gasteiger partial charge in [-0.25, -0.2) is 19.4 Å². The first-order chi connectivity index (χ1) is 20.7. The second-order valence-corrected chi connectivity index (χ2v) is 9.91. The molecule has 3 aromatic rings. The van der Waals surface area contributed by atoms with Crippen LogP contribution in [0.25, 0.3) is 11.3 Å². The number of aliphatic hydroxyl groups excluding tert-OH is 1. The van der Waals surface area contributed by atoms with Gasteiger partial charge in [0.2, 0.25) is 0 Å². The highest BCUT2D eigenvalue weighted by atomic mass is 19.4. The zero-order chi connectivity index (χ0) is 32.2. The number of nitrogens with one attached hydrogen (secondary N) is 1. The van der Waals surface area contributed by atoms with Crippen molar-refractivity contribution in [1.82, 2.24) is 20.0 Å². The standard InChI is InChI=1S/C29H26F7N5O3/c1-2-3-4-10-40-15-23(42)25(27(44)41(40)14-17-6-5-7-19(30)11-17)26(43)39-21-9-8-18(28(31,32)33)12-20(21)22-13-24(29(34,35)36)38-16-37-22/h5-9,11-13,16,42H,2-4,10,14-15H2,1H3,(H,39,43). The summed E-state index contributed by atoms with van der Waals surface area (Å²) >= 11 is 0. The van der Waals surface area contributed by atoms with E-state index in [1.54, 1.807) is 6.07 Å². The molecule has 0 saturated carbocycles. The van der Waals surface area contributed by atoms with E-state index in [0.717, 1.165) is 23.9 Å². The average molecular weight is 626 g/mol. The number of alkyl halides is 6. The van der Waals surface area contributed by atoms with Gasteiger partial charge in [0.05, 0.1) is 30.0 Å². The number of hydrogen-bond donors (Lipinski definition) is 2. The van der Waals surface area contributed by atoms with Crippen molar-refractivity contribution in [2.45, 2.75) is 45.1 Å². The van der Waals surface area contributed by atoms with Crippen LogP contribution in [0, 0.1) is 5.82 Å². The predicted molar refractivity (Wildman–Crippen MR) is 144 cm³/mol. The molecule has 234 valence electrons. The molecule has 1 aliphatic heterocycles. The summed E-state index contributed by atoms with van der Waals surface area (Å²) in [6.07, 6.45) is -7.04. The van der Waals surface area contributed by atoms with Crippen molar-refractivity contribution >= 4 is 17.5 Å². The van der Waals surface area contributed by atoms with Gasteiger partial charge in [-0.15, -0.1) is 0 Å². The van der Waals surface area contributed by atoms with Crippen molar-refractivity contribution in [3.05, 3.63) is 88.8 Å². The molecule has 1 aliphatic rings. The lowest BCUT2D eigenvalue weighted by molar-refractivity contribution is -0.150. The highest BCUT2D eigenvalue weighted by Crippen LogP contribution is 2.37. The number of anilines is 1. The van der Waals surface area contributed by atoms with Crippen molar-refractivity contribution in [3.8, 4) is 11.3 Å². The third kappa shape index (κ3) is 7.51. The van der Waals surface area contributed by atoms with Crippen molar-refractivity contribution in [1.29, 1.82) is 0 Å². The number of unbranched alkanes of at least 4 members (excludes halogenated alkanes) is 2. The maximum atomic E-state index is 13.9. The summed E-state index contributed by atoms with van der Waals surface area (Å²) < 4.78 is 94.3. The Hall–Kier alpha value is -4.53. The Bertz CT molecular complexity index is 1570. The maximum Gasteiger partial charge on any atom is 0.433 e.